The highest BCUT2D eigenvalue weighted by atomic mass is 127. The fourth-order valence-corrected chi connectivity index (χ4v) is 3.47. The van der Waals surface area contributed by atoms with Gasteiger partial charge in [-0.2, -0.15) is 11.8 Å². The van der Waals surface area contributed by atoms with Gasteiger partial charge < -0.3 is 16.0 Å². The number of thioether (sulfide) groups is 1. The van der Waals surface area contributed by atoms with Gasteiger partial charge in [0.15, 0.2) is 5.96 Å². The minimum absolute atomic E-state index is 0. The molecule has 0 bridgehead atoms. The van der Waals surface area contributed by atoms with E-state index in [4.69, 9.17) is 5.73 Å². The molecular weight excluding hydrogens is 383 g/mol. The number of hydrogen-bond acceptors (Lipinski definition) is 3. The molecule has 6 heteroatoms. The summed E-state index contributed by atoms with van der Waals surface area (Å²) >= 11 is 1.96. The third kappa shape index (κ3) is 5.26. The zero-order chi connectivity index (χ0) is 13.7. The summed E-state index contributed by atoms with van der Waals surface area (Å²) in [7, 11) is 2.20. The average Bonchev–Trinajstić information content (AvgIpc) is 2.37. The van der Waals surface area contributed by atoms with Crippen molar-refractivity contribution >= 4 is 41.7 Å². The van der Waals surface area contributed by atoms with Crippen LogP contribution in [0.15, 0.2) is 4.99 Å². The molecule has 0 aromatic heterocycles. The van der Waals surface area contributed by atoms with E-state index < -0.39 is 0 Å². The summed E-state index contributed by atoms with van der Waals surface area (Å²) in [5.74, 6) is 1.46. The highest BCUT2D eigenvalue weighted by molar-refractivity contribution is 14.0. The van der Waals surface area contributed by atoms with Gasteiger partial charge in [-0.15, -0.1) is 24.0 Å². The third-order valence-electron chi connectivity index (χ3n) is 4.67. The van der Waals surface area contributed by atoms with Crippen LogP contribution in [0.2, 0.25) is 0 Å². The number of aliphatic imine (C=N–C) groups is 1. The molecule has 1 saturated heterocycles. The molecule has 4 nitrogen and oxygen atoms in total. The van der Waals surface area contributed by atoms with Crippen LogP contribution in [0.25, 0.3) is 0 Å². The molecule has 0 aromatic rings. The van der Waals surface area contributed by atoms with Crippen molar-refractivity contribution < 1.29 is 0 Å². The maximum absolute atomic E-state index is 5.98. The second-order valence-electron chi connectivity index (χ2n) is 6.07. The Balaban J connectivity index is 0.00000200. The second-order valence-corrected chi connectivity index (χ2v) is 7.34. The first-order valence-corrected chi connectivity index (χ1v) is 8.63. The number of hydrogen-bond donors (Lipinski definition) is 2. The first kappa shape index (κ1) is 18.4. The number of nitrogens with one attached hydrogen (secondary N) is 1. The first-order valence-electron chi connectivity index (χ1n) is 7.41. The van der Waals surface area contributed by atoms with E-state index in [2.05, 4.69) is 28.5 Å². The van der Waals surface area contributed by atoms with Gasteiger partial charge in [-0.3, -0.25) is 4.99 Å². The van der Waals surface area contributed by atoms with Crippen LogP contribution in [0.4, 0.5) is 0 Å². The third-order valence-corrected chi connectivity index (χ3v) is 6.07. The predicted octanol–water partition coefficient (Wildman–Crippen LogP) is 2.14. The molecular formula is C14H29IN4S. The molecule has 1 heterocycles. The molecule has 0 aromatic carbocycles. The molecule has 1 saturated carbocycles. The highest BCUT2D eigenvalue weighted by Gasteiger charge is 2.32. The van der Waals surface area contributed by atoms with Gasteiger partial charge in [-0.25, -0.2) is 0 Å². The van der Waals surface area contributed by atoms with E-state index >= 15 is 0 Å². The molecule has 2 rings (SSSR count). The number of nitrogens with two attached hydrogens (primary N) is 1. The van der Waals surface area contributed by atoms with Crippen LogP contribution in [-0.2, 0) is 0 Å². The van der Waals surface area contributed by atoms with E-state index in [1.54, 1.807) is 0 Å². The molecule has 2 aliphatic rings. The molecule has 0 radical (unpaired) electrons. The van der Waals surface area contributed by atoms with Gasteiger partial charge in [-0.1, -0.05) is 6.42 Å². The Morgan fingerprint density at radius 1 is 1.40 bits per heavy atom. The summed E-state index contributed by atoms with van der Waals surface area (Å²) in [5.41, 5.74) is 5.98. The van der Waals surface area contributed by atoms with Crippen LogP contribution in [0.1, 0.15) is 32.1 Å². The number of rotatable bonds is 5. The Labute approximate surface area is 144 Å². The Morgan fingerprint density at radius 3 is 2.55 bits per heavy atom. The lowest BCUT2D eigenvalue weighted by Crippen LogP contribution is -2.44. The van der Waals surface area contributed by atoms with Crippen molar-refractivity contribution in [3.8, 4) is 0 Å². The zero-order valence-corrected chi connectivity index (χ0v) is 15.9. The van der Waals surface area contributed by atoms with E-state index in [9.17, 15) is 0 Å². The largest absolute Gasteiger partial charge is 0.370 e. The van der Waals surface area contributed by atoms with Crippen LogP contribution in [0.3, 0.4) is 0 Å². The second kappa shape index (κ2) is 8.68. The van der Waals surface area contributed by atoms with E-state index in [0.717, 1.165) is 19.0 Å². The zero-order valence-electron chi connectivity index (χ0n) is 12.7. The van der Waals surface area contributed by atoms with Crippen LogP contribution < -0.4 is 11.1 Å². The van der Waals surface area contributed by atoms with E-state index in [0.29, 0.717) is 10.7 Å². The van der Waals surface area contributed by atoms with Crippen LogP contribution >= 0.6 is 35.7 Å². The van der Waals surface area contributed by atoms with Crippen molar-refractivity contribution in [1.82, 2.24) is 10.2 Å². The van der Waals surface area contributed by atoms with Crippen LogP contribution in [-0.4, -0.2) is 55.1 Å². The molecule has 0 unspecified atom stereocenters. The molecule has 20 heavy (non-hydrogen) atoms. The van der Waals surface area contributed by atoms with Crippen molar-refractivity contribution in [3.63, 3.8) is 0 Å². The Hall–Kier alpha value is 0.310. The highest BCUT2D eigenvalue weighted by Crippen LogP contribution is 2.34. The number of likely N-dealkylation sites (tertiary alicyclic amines) is 1. The van der Waals surface area contributed by atoms with Crippen LogP contribution in [0.5, 0.6) is 0 Å². The summed E-state index contributed by atoms with van der Waals surface area (Å²) in [5, 5.41) is 3.28. The fraction of sp³-hybridized carbons (Fsp3) is 0.929. The maximum Gasteiger partial charge on any atom is 0.188 e. The average molecular weight is 412 g/mol. The molecule has 0 amide bonds. The number of guanidine groups is 1. The van der Waals surface area contributed by atoms with Crippen molar-refractivity contribution in [3.05, 3.63) is 0 Å². The minimum atomic E-state index is 0. The van der Waals surface area contributed by atoms with Gasteiger partial charge in [0.25, 0.3) is 0 Å². The number of piperidine rings is 1. The molecule has 2 fully saturated rings. The molecule has 118 valence electrons. The molecule has 0 spiro atoms. The van der Waals surface area contributed by atoms with E-state index in [1.807, 2.05) is 11.8 Å². The lowest BCUT2D eigenvalue weighted by Gasteiger charge is -2.38. The van der Waals surface area contributed by atoms with E-state index in [-0.39, 0.29) is 24.0 Å². The van der Waals surface area contributed by atoms with Crippen molar-refractivity contribution in [1.29, 1.82) is 0 Å². The molecule has 3 N–H and O–H groups in total. The maximum atomic E-state index is 5.98. The Morgan fingerprint density at radius 2 is 2.05 bits per heavy atom. The smallest absolute Gasteiger partial charge is 0.188 e. The number of halogens is 1. The predicted molar refractivity (Wildman–Crippen MR) is 100 cm³/mol. The first-order chi connectivity index (χ1) is 9.13. The fourth-order valence-electron chi connectivity index (χ4n) is 2.68. The van der Waals surface area contributed by atoms with Crippen molar-refractivity contribution in [2.75, 3.05) is 39.5 Å². The summed E-state index contributed by atoms with van der Waals surface area (Å²) in [4.78, 5) is 6.99. The summed E-state index contributed by atoms with van der Waals surface area (Å²) < 4.78 is 0.301. The molecule has 1 aliphatic heterocycles. The number of nitrogens with zero attached hydrogens (tertiary/aromatic N) is 2. The van der Waals surface area contributed by atoms with Crippen molar-refractivity contribution in [2.45, 2.75) is 36.9 Å². The summed E-state index contributed by atoms with van der Waals surface area (Å²) in [6.45, 7) is 4.20. The lowest BCUT2D eigenvalue weighted by molar-refractivity contribution is 0.242. The van der Waals surface area contributed by atoms with Gasteiger partial charge in [-0.05, 0) is 58.0 Å². The molecule has 0 atom stereocenters. The minimum Gasteiger partial charge on any atom is -0.370 e. The monoisotopic (exact) mass is 412 g/mol. The normalized spacial score (nSPS) is 23.8. The van der Waals surface area contributed by atoms with Gasteiger partial charge in [0.2, 0.25) is 0 Å². The lowest BCUT2D eigenvalue weighted by atomic mass is 9.85. The van der Waals surface area contributed by atoms with Gasteiger partial charge in [0, 0.05) is 11.3 Å². The van der Waals surface area contributed by atoms with Gasteiger partial charge >= 0.3 is 0 Å². The molecule has 1 aliphatic carbocycles. The van der Waals surface area contributed by atoms with Crippen molar-refractivity contribution in [2.24, 2.45) is 16.6 Å². The topological polar surface area (TPSA) is 53.6 Å². The standard InChI is InChI=1S/C14H28N4S.HI/c1-18-8-6-14(19-2,7-9-18)11-17-13(15)16-10-12-4-3-5-12;/h12H,3-11H2,1-2H3,(H3,15,16,17);1H. The SMILES string of the molecule is CSC1(CN=C(N)NCC2CCC2)CCN(C)CC1.I. The quantitative estimate of drug-likeness (QED) is 0.413. The Bertz CT molecular complexity index is 312. The van der Waals surface area contributed by atoms with Gasteiger partial charge in [0.05, 0.1) is 6.54 Å². The van der Waals surface area contributed by atoms with Gasteiger partial charge in [0.1, 0.15) is 0 Å². The summed E-state index contributed by atoms with van der Waals surface area (Å²) in [6, 6.07) is 0. The van der Waals surface area contributed by atoms with Crippen LogP contribution in [0, 0.1) is 5.92 Å². The summed E-state index contributed by atoms with van der Waals surface area (Å²) in [6.07, 6.45) is 8.71. The Kier molecular flexibility index (Phi) is 7.97. The van der Waals surface area contributed by atoms with E-state index in [1.165, 1.54) is 45.2 Å².